The van der Waals surface area contributed by atoms with Crippen LogP contribution in [0.2, 0.25) is 15.1 Å². The van der Waals surface area contributed by atoms with Crippen LogP contribution in [0.4, 0.5) is 22.7 Å². The zero-order valence-electron chi connectivity index (χ0n) is 69.1. The number of carboxylic acid groups (broad SMARTS) is 1. The number of carboxylic acids is 1. The van der Waals surface area contributed by atoms with E-state index in [4.69, 9.17) is 68.3 Å². The molecule has 0 bridgehead atoms. The molecule has 1 aliphatic rings. The van der Waals surface area contributed by atoms with Crippen LogP contribution in [-0.4, -0.2) is 140 Å². The molecule has 9 N–H and O–H groups in total. The molecular formula is C89H87Cl3N10O18S4. The number of hydrogen-bond donors (Lipinski definition) is 9. The summed E-state index contributed by atoms with van der Waals surface area (Å²) in [7, 11) is 2.85. The molecule has 124 heavy (non-hydrogen) atoms. The van der Waals surface area contributed by atoms with Crippen molar-refractivity contribution in [3.63, 3.8) is 0 Å². The summed E-state index contributed by atoms with van der Waals surface area (Å²) in [5.74, 6) is -2.65. The number of carbonyl (C=O) groups is 7. The number of benzene rings is 10. The van der Waals surface area contributed by atoms with Crippen LogP contribution in [0.5, 0.6) is 57.5 Å². The number of thioether (sulfide) groups is 2. The Labute approximate surface area is 746 Å². The minimum atomic E-state index is -1.36. The summed E-state index contributed by atoms with van der Waals surface area (Å²) < 4.78 is 34.4. The number of nitrogens with one attached hydrogen (secondary N) is 4. The largest absolute Gasteiger partial charge is 0.508 e. The maximum Gasteiger partial charge on any atom is 0.318 e. The molecule has 1 aromatic heterocycles. The Hall–Kier alpha value is -12.3. The van der Waals surface area contributed by atoms with Gasteiger partial charge in [0.2, 0.25) is 11.8 Å². The number of nitrogens with zero attached hydrogens (tertiary/aromatic N) is 6. The van der Waals surface area contributed by atoms with Crippen molar-refractivity contribution in [1.82, 2.24) is 20.8 Å². The summed E-state index contributed by atoms with van der Waals surface area (Å²) in [5.41, 5.74) is 8.51. The fraction of sp³-hybridized carbons (Fsp3) is 0.236. The average molecular weight is 1820 g/mol. The molecule has 2 heterocycles. The molecule has 28 nitrogen and oxygen atoms in total. The second kappa shape index (κ2) is 43.6. The van der Waals surface area contributed by atoms with E-state index in [1.165, 1.54) is 79.3 Å². The standard InChI is InChI=1S/C35H31Cl3N6O5.C30H31N3O8S3.C24H25NO5S/c1-5-28(49-29-14-9-19(2)15-20(29)3)34(46)39-24-8-6-7-21(16-24)33(45)40-32-30(42-41-23-10-12-25(48-4)13-11-23)35(47)44(43-32)31-26(37)17-22(36)18-27(31)38;1-14-7-8-21(16(3)9-14)40-13-24(35)31-19-12-20(34)15(2)10-22(19)41-23-11-17(4)27(26(37)25(23)36)43-30-33-32-29(44-30)42-18(5)28(38)39-6;1-15-8-9-20(16(2)12-15)30-11-5-10-25-24(29)19-13-21(31-14-22(26)27)17-6-3-4-7-18(17)23(19)28/h6-18,28,30H,5H2,1-4H3,(H,39,46)(H,40,43,45);7-12,18,34,36-37H,13H2,1-6H3,(H,31,35);3-4,6-9,12-13,28H,5,10-11,14H2,1-2H3,(H,25,29)(H,26,27). The van der Waals surface area contributed by atoms with Crippen LogP contribution in [0.1, 0.15) is 91.9 Å². The van der Waals surface area contributed by atoms with Gasteiger partial charge in [-0.05, 0) is 199 Å². The van der Waals surface area contributed by atoms with Gasteiger partial charge >= 0.3 is 11.9 Å². The molecule has 0 spiro atoms. The number of amidine groups is 1. The zero-order valence-corrected chi connectivity index (χ0v) is 74.6. The van der Waals surface area contributed by atoms with Crippen LogP contribution in [-0.2, 0) is 28.7 Å². The van der Waals surface area contributed by atoms with Gasteiger partial charge in [-0.1, -0.05) is 160 Å². The molecule has 3 unspecified atom stereocenters. The highest BCUT2D eigenvalue weighted by molar-refractivity contribution is 8.04. The summed E-state index contributed by atoms with van der Waals surface area (Å²) in [4.78, 5) is 89.5. The number of hydrazone groups is 1. The number of amides is 5. The number of azo groups is 1. The number of aromatic nitrogens is 2. The predicted octanol–water partition coefficient (Wildman–Crippen LogP) is 19.4. The number of hydrogen-bond acceptors (Lipinski definition) is 26. The van der Waals surface area contributed by atoms with Crippen molar-refractivity contribution in [2.45, 2.75) is 118 Å². The van der Waals surface area contributed by atoms with E-state index in [-0.39, 0.29) is 90.6 Å². The highest BCUT2D eigenvalue weighted by Crippen LogP contribution is 2.50. The number of phenols is 4. The van der Waals surface area contributed by atoms with Gasteiger partial charge in [0, 0.05) is 39.2 Å². The van der Waals surface area contributed by atoms with Crippen molar-refractivity contribution < 1.29 is 87.5 Å². The Balaban J connectivity index is 0.000000199. The molecule has 0 radical (unpaired) electrons. The van der Waals surface area contributed by atoms with Crippen molar-refractivity contribution in [1.29, 1.82) is 0 Å². The molecule has 10 aromatic carbocycles. The van der Waals surface area contributed by atoms with Crippen LogP contribution in [0, 0.1) is 55.4 Å². The Morgan fingerprint density at radius 1 is 0.637 bits per heavy atom. The summed E-state index contributed by atoms with van der Waals surface area (Å²) in [6.45, 7) is 19.2. The average Bonchev–Trinajstić information content (AvgIpc) is 1.16. The Morgan fingerprint density at radius 3 is 1.90 bits per heavy atom. The van der Waals surface area contributed by atoms with E-state index >= 15 is 0 Å². The molecule has 1 aliphatic heterocycles. The maximum absolute atomic E-state index is 13.7. The topological polar surface area (TPSA) is 390 Å². The van der Waals surface area contributed by atoms with Gasteiger partial charge in [0.15, 0.2) is 44.5 Å². The van der Waals surface area contributed by atoms with Gasteiger partial charge in [0.05, 0.1) is 58.5 Å². The molecule has 35 heteroatoms. The highest BCUT2D eigenvalue weighted by atomic mass is 35.5. The van der Waals surface area contributed by atoms with Gasteiger partial charge in [-0.15, -0.1) is 27.1 Å². The Bertz CT molecular complexity index is 5880. The van der Waals surface area contributed by atoms with Gasteiger partial charge in [-0.2, -0.15) is 15.2 Å². The Morgan fingerprint density at radius 2 is 1.27 bits per heavy atom. The molecular weight excluding hydrogens is 1730 g/mol. The predicted molar refractivity (Wildman–Crippen MR) is 482 cm³/mol. The number of rotatable bonds is 30. The molecule has 0 fully saturated rings. The lowest BCUT2D eigenvalue weighted by Crippen LogP contribution is -2.39. The molecule has 0 saturated heterocycles. The van der Waals surface area contributed by atoms with Crippen LogP contribution >= 0.6 is 81.4 Å². The first-order valence-electron chi connectivity index (χ1n) is 38.2. The van der Waals surface area contributed by atoms with Crippen LogP contribution < -0.4 is 50.0 Å². The van der Waals surface area contributed by atoms with E-state index in [0.29, 0.717) is 95.0 Å². The number of methoxy groups -OCH3 is 2. The normalized spacial score (nSPS) is 12.7. The number of carbonyl (C=O) groups excluding carboxylic acids is 6. The van der Waals surface area contributed by atoms with E-state index in [9.17, 15) is 54.0 Å². The van der Waals surface area contributed by atoms with E-state index < -0.39 is 58.5 Å². The van der Waals surface area contributed by atoms with Crippen LogP contribution in [0.3, 0.4) is 0 Å². The summed E-state index contributed by atoms with van der Waals surface area (Å²) in [5, 5.41) is 85.7. The van der Waals surface area contributed by atoms with Crippen molar-refractivity contribution >= 4 is 162 Å². The van der Waals surface area contributed by atoms with Crippen LogP contribution in [0.25, 0.3) is 10.8 Å². The lowest BCUT2D eigenvalue weighted by molar-refractivity contribution is -0.139. The minimum Gasteiger partial charge on any atom is -0.508 e. The SMILES string of the molecule is CCC(Oc1ccc(C)cc1C)C(=O)Nc1cccc(C(=O)NC2=NN(c3c(Cl)cc(Cl)cc3Cl)C(=O)C2N=Nc2ccc(OC)cc2)c1.COC(=O)C(C)Sc1nnc(Sc2c(C)cc(Oc3cc(C)c(O)cc3NC(=O)COc3ccc(C)cc3C)c(O)c2O)s1.Cc1ccc(OCCCNC(=O)c2cc(SCC(=O)O)c3ccccc3c2O)c(C)c1. The molecule has 0 saturated carbocycles. The van der Waals surface area contributed by atoms with Crippen molar-refractivity contribution in [3.05, 3.63) is 234 Å². The summed E-state index contributed by atoms with van der Waals surface area (Å²) in [6.07, 6.45) is 0.248. The monoisotopic (exact) mass is 1820 g/mol. The van der Waals surface area contributed by atoms with E-state index in [1.54, 1.807) is 93.6 Å². The van der Waals surface area contributed by atoms with Gasteiger partial charge in [-0.3, -0.25) is 33.6 Å². The third-order valence-electron chi connectivity index (χ3n) is 18.4. The van der Waals surface area contributed by atoms with Gasteiger partial charge in [0.25, 0.3) is 29.5 Å². The van der Waals surface area contributed by atoms with Crippen molar-refractivity contribution in [2.24, 2.45) is 15.3 Å². The molecule has 0 aliphatic carbocycles. The maximum atomic E-state index is 13.7. The van der Waals surface area contributed by atoms with E-state index in [0.717, 1.165) is 62.1 Å². The third kappa shape index (κ3) is 25.0. The number of fused-ring (bicyclic) bond motifs is 1. The number of aliphatic carboxylic acids is 1. The lowest BCUT2D eigenvalue weighted by Gasteiger charge is -2.19. The van der Waals surface area contributed by atoms with Crippen molar-refractivity contribution in [3.8, 4) is 57.5 Å². The highest BCUT2D eigenvalue weighted by Gasteiger charge is 2.41. The fourth-order valence-corrected chi connectivity index (χ4v) is 17.1. The first-order valence-corrected chi connectivity index (χ1v) is 42.8. The van der Waals surface area contributed by atoms with E-state index in [1.807, 2.05) is 97.0 Å². The summed E-state index contributed by atoms with van der Waals surface area (Å²) >= 11 is 23.5. The molecule has 12 rings (SSSR count). The number of anilines is 3. The molecule has 646 valence electrons. The number of aromatic hydroxyl groups is 4. The second-order valence-corrected chi connectivity index (χ2v) is 34.1. The van der Waals surface area contributed by atoms with Gasteiger partial charge in [0.1, 0.15) is 45.4 Å². The summed E-state index contributed by atoms with van der Waals surface area (Å²) in [6, 6.07) is 44.8. The first-order chi connectivity index (χ1) is 59.2. The van der Waals surface area contributed by atoms with Gasteiger partial charge < -0.3 is 75.2 Å². The van der Waals surface area contributed by atoms with Crippen molar-refractivity contribution in [2.75, 3.05) is 55.4 Å². The second-order valence-electron chi connectivity index (χ2n) is 28.0. The number of esters is 1. The quantitative estimate of drug-likeness (QED) is 0.00664. The van der Waals surface area contributed by atoms with Crippen LogP contribution in [0.15, 0.2) is 198 Å². The Kier molecular flexibility index (Phi) is 33.1. The smallest absolute Gasteiger partial charge is 0.318 e. The number of phenolic OH excluding ortho intramolecular Hbond substituents is 4. The minimum absolute atomic E-state index is 0.0587. The zero-order chi connectivity index (χ0) is 89.8. The molecule has 3 atom stereocenters. The number of ether oxygens (including phenoxy) is 6. The lowest BCUT2D eigenvalue weighted by atomic mass is 10.0. The number of halogens is 3. The van der Waals surface area contributed by atoms with Gasteiger partial charge in [-0.25, -0.2) is 0 Å². The third-order valence-corrected chi connectivity index (χ3v) is 23.6. The number of aryl methyl sites for hydroxylation is 8. The molecule has 5 amide bonds. The first kappa shape index (κ1) is 94.0. The van der Waals surface area contributed by atoms with E-state index in [2.05, 4.69) is 52.9 Å². The molecule has 11 aromatic rings. The fourth-order valence-electron chi connectivity index (χ4n) is 12.1.